The second-order valence-electron chi connectivity index (χ2n) is 6.31. The maximum atomic E-state index is 11.8. The van der Waals surface area contributed by atoms with Crippen molar-refractivity contribution < 1.29 is 9.53 Å². The second-order valence-corrected chi connectivity index (χ2v) is 6.31. The van der Waals surface area contributed by atoms with E-state index in [4.69, 9.17) is 4.74 Å². The molecule has 0 radical (unpaired) electrons. The van der Waals surface area contributed by atoms with Gasteiger partial charge in [0.2, 0.25) is 0 Å². The predicted octanol–water partition coefficient (Wildman–Crippen LogP) is 4.76. The van der Waals surface area contributed by atoms with Gasteiger partial charge >= 0.3 is 5.97 Å². The zero-order valence-corrected chi connectivity index (χ0v) is 14.7. The Morgan fingerprint density at radius 2 is 1.85 bits per heavy atom. The molecule has 1 unspecified atom stereocenters. The number of aromatic nitrogens is 1. The molecule has 1 atom stereocenters. The zero-order chi connectivity index (χ0) is 18.8. The Labute approximate surface area is 157 Å². The first-order chi connectivity index (χ1) is 13.2. The molecular weight excluding hydrogens is 336 g/mol. The summed E-state index contributed by atoms with van der Waals surface area (Å²) in [4.78, 5) is 16.4. The third kappa shape index (κ3) is 3.11. The minimum absolute atomic E-state index is 0.383. The van der Waals surface area contributed by atoms with Gasteiger partial charge in [-0.1, -0.05) is 48.5 Å². The SMILES string of the molecule is CC(=O)OC1c2cc(-c3ccccc3)cnc2C=Cc2c(C#N)cccc21. The summed E-state index contributed by atoms with van der Waals surface area (Å²) in [7, 11) is 0. The van der Waals surface area contributed by atoms with E-state index >= 15 is 0 Å². The summed E-state index contributed by atoms with van der Waals surface area (Å²) in [6.07, 6.45) is 4.93. The van der Waals surface area contributed by atoms with Crippen molar-refractivity contribution in [1.29, 1.82) is 5.26 Å². The quantitative estimate of drug-likeness (QED) is 0.624. The highest BCUT2D eigenvalue weighted by Gasteiger charge is 2.26. The number of carbonyl (C=O) groups excluding carboxylic acids is 1. The Morgan fingerprint density at radius 3 is 2.59 bits per heavy atom. The molecule has 130 valence electrons. The molecule has 1 aromatic heterocycles. The molecule has 0 saturated heterocycles. The van der Waals surface area contributed by atoms with E-state index in [-0.39, 0.29) is 5.97 Å². The van der Waals surface area contributed by atoms with E-state index in [1.165, 1.54) is 6.92 Å². The van der Waals surface area contributed by atoms with Gasteiger partial charge in [0.25, 0.3) is 0 Å². The van der Waals surface area contributed by atoms with Crippen LogP contribution in [0.5, 0.6) is 0 Å². The van der Waals surface area contributed by atoms with Crippen LogP contribution in [0.25, 0.3) is 23.3 Å². The van der Waals surface area contributed by atoms with Crippen molar-refractivity contribution in [2.75, 3.05) is 0 Å². The number of carbonyl (C=O) groups is 1. The molecule has 4 rings (SSSR count). The number of hydrogen-bond donors (Lipinski definition) is 0. The lowest BCUT2D eigenvalue weighted by molar-refractivity contribution is -0.144. The van der Waals surface area contributed by atoms with Crippen LogP contribution in [0.15, 0.2) is 60.8 Å². The van der Waals surface area contributed by atoms with Gasteiger partial charge in [-0.15, -0.1) is 0 Å². The summed E-state index contributed by atoms with van der Waals surface area (Å²) in [6, 6.07) is 19.6. The molecule has 2 aromatic carbocycles. The van der Waals surface area contributed by atoms with E-state index in [1.807, 2.05) is 60.8 Å². The number of nitriles is 1. The highest BCUT2D eigenvalue weighted by atomic mass is 16.5. The van der Waals surface area contributed by atoms with Gasteiger partial charge in [-0.3, -0.25) is 9.78 Å². The molecule has 4 heteroatoms. The Kier molecular flexibility index (Phi) is 4.27. The summed E-state index contributed by atoms with van der Waals surface area (Å²) in [5.74, 6) is -0.383. The van der Waals surface area contributed by atoms with Crippen LogP contribution in [0, 0.1) is 11.3 Å². The molecule has 0 bridgehead atoms. The van der Waals surface area contributed by atoms with Crippen LogP contribution in [0.1, 0.15) is 41.0 Å². The van der Waals surface area contributed by atoms with Gasteiger partial charge in [0.15, 0.2) is 6.10 Å². The van der Waals surface area contributed by atoms with Crippen LogP contribution < -0.4 is 0 Å². The molecule has 1 heterocycles. The van der Waals surface area contributed by atoms with E-state index in [0.717, 1.165) is 33.5 Å². The monoisotopic (exact) mass is 352 g/mol. The van der Waals surface area contributed by atoms with Crippen molar-refractivity contribution in [2.45, 2.75) is 13.0 Å². The summed E-state index contributed by atoms with van der Waals surface area (Å²) in [5.41, 5.74) is 5.58. The standard InChI is InChI=1S/C23H16N2O2/c1-15(26)27-23-20-9-5-8-17(13-24)19(20)10-11-22-21(23)12-18(14-25-22)16-6-3-2-4-7-16/h2-12,14,23H,1H3. The molecule has 0 amide bonds. The molecule has 4 nitrogen and oxygen atoms in total. The lowest BCUT2D eigenvalue weighted by Gasteiger charge is -2.21. The maximum Gasteiger partial charge on any atom is 0.303 e. The average molecular weight is 352 g/mol. The molecule has 0 saturated carbocycles. The van der Waals surface area contributed by atoms with Gasteiger partial charge in [-0.05, 0) is 29.3 Å². The molecular formula is C23H16N2O2. The molecule has 0 spiro atoms. The number of benzene rings is 2. The molecule has 1 aliphatic carbocycles. The fraction of sp³-hybridized carbons (Fsp3) is 0.0870. The molecule has 0 N–H and O–H groups in total. The molecule has 0 aliphatic heterocycles. The van der Waals surface area contributed by atoms with Gasteiger partial charge < -0.3 is 4.74 Å². The van der Waals surface area contributed by atoms with Crippen molar-refractivity contribution in [3.63, 3.8) is 0 Å². The van der Waals surface area contributed by atoms with Crippen molar-refractivity contribution in [3.8, 4) is 17.2 Å². The number of nitrogens with zero attached hydrogens (tertiary/aromatic N) is 2. The lowest BCUT2D eigenvalue weighted by Crippen LogP contribution is -2.13. The number of fused-ring (bicyclic) bond motifs is 2. The summed E-state index contributed by atoms with van der Waals surface area (Å²) >= 11 is 0. The first kappa shape index (κ1) is 16.7. The number of hydrogen-bond acceptors (Lipinski definition) is 4. The number of pyridine rings is 1. The first-order valence-electron chi connectivity index (χ1n) is 8.61. The van der Waals surface area contributed by atoms with Gasteiger partial charge in [-0.25, -0.2) is 0 Å². The fourth-order valence-corrected chi connectivity index (χ4v) is 3.35. The largest absolute Gasteiger partial charge is 0.453 e. The van der Waals surface area contributed by atoms with Crippen molar-refractivity contribution in [1.82, 2.24) is 4.98 Å². The van der Waals surface area contributed by atoms with Crippen LogP contribution in [-0.2, 0) is 9.53 Å². The fourth-order valence-electron chi connectivity index (χ4n) is 3.35. The van der Waals surface area contributed by atoms with Crippen LogP contribution in [0.2, 0.25) is 0 Å². The molecule has 0 fully saturated rings. The van der Waals surface area contributed by atoms with Gasteiger partial charge in [0.05, 0.1) is 17.3 Å². The van der Waals surface area contributed by atoms with E-state index in [9.17, 15) is 10.1 Å². The Morgan fingerprint density at radius 1 is 1.04 bits per heavy atom. The number of esters is 1. The minimum atomic E-state index is -0.619. The van der Waals surface area contributed by atoms with E-state index in [2.05, 4.69) is 11.1 Å². The smallest absolute Gasteiger partial charge is 0.303 e. The summed E-state index contributed by atoms with van der Waals surface area (Å²) < 4.78 is 5.69. The van der Waals surface area contributed by atoms with Crippen LogP contribution in [0.3, 0.4) is 0 Å². The highest BCUT2D eigenvalue weighted by Crippen LogP contribution is 2.37. The lowest BCUT2D eigenvalue weighted by atomic mass is 9.94. The normalized spacial score (nSPS) is 14.4. The highest BCUT2D eigenvalue weighted by molar-refractivity contribution is 5.79. The van der Waals surface area contributed by atoms with E-state index < -0.39 is 6.10 Å². The minimum Gasteiger partial charge on any atom is -0.453 e. The third-order valence-electron chi connectivity index (χ3n) is 4.57. The Bertz CT molecular complexity index is 1100. The van der Waals surface area contributed by atoms with Crippen LogP contribution >= 0.6 is 0 Å². The molecule has 1 aliphatic rings. The van der Waals surface area contributed by atoms with Crippen molar-refractivity contribution >= 4 is 18.1 Å². The number of rotatable bonds is 2. The Hall–Kier alpha value is -3.71. The topological polar surface area (TPSA) is 63.0 Å². The van der Waals surface area contributed by atoms with Gasteiger partial charge in [0.1, 0.15) is 0 Å². The van der Waals surface area contributed by atoms with Gasteiger partial charge in [-0.2, -0.15) is 5.26 Å². The summed E-state index contributed by atoms with van der Waals surface area (Å²) in [6.45, 7) is 1.39. The average Bonchev–Trinajstić information content (AvgIpc) is 2.85. The first-order valence-corrected chi connectivity index (χ1v) is 8.61. The second kappa shape index (κ2) is 6.89. The zero-order valence-electron chi connectivity index (χ0n) is 14.7. The molecule has 27 heavy (non-hydrogen) atoms. The van der Waals surface area contributed by atoms with Crippen LogP contribution in [0.4, 0.5) is 0 Å². The molecule has 3 aromatic rings. The number of ether oxygens (including phenoxy) is 1. The predicted molar refractivity (Wildman–Crippen MR) is 103 cm³/mol. The van der Waals surface area contributed by atoms with Gasteiger partial charge in [0, 0.05) is 29.8 Å². The van der Waals surface area contributed by atoms with Crippen molar-refractivity contribution in [2.24, 2.45) is 0 Å². The third-order valence-corrected chi connectivity index (χ3v) is 4.57. The van der Waals surface area contributed by atoms with Crippen LogP contribution in [-0.4, -0.2) is 11.0 Å². The van der Waals surface area contributed by atoms with E-state index in [0.29, 0.717) is 5.56 Å². The van der Waals surface area contributed by atoms with E-state index in [1.54, 1.807) is 12.1 Å². The maximum absolute atomic E-state index is 11.8. The Balaban J connectivity index is 1.93. The summed E-state index contributed by atoms with van der Waals surface area (Å²) in [5, 5.41) is 9.46. The van der Waals surface area contributed by atoms with Crippen molar-refractivity contribution in [3.05, 3.63) is 88.7 Å².